The number of hydrogen-bond donors (Lipinski definition) is 1. The van der Waals surface area contributed by atoms with Gasteiger partial charge in [0.05, 0.1) is 6.61 Å². The van der Waals surface area contributed by atoms with Gasteiger partial charge >= 0.3 is 0 Å². The van der Waals surface area contributed by atoms with Gasteiger partial charge in [-0.2, -0.15) is 0 Å². The quantitative estimate of drug-likeness (QED) is 0.843. The molecule has 80 valence electrons. The molecule has 14 heavy (non-hydrogen) atoms. The van der Waals surface area contributed by atoms with Crippen molar-refractivity contribution in [1.29, 1.82) is 0 Å². The molecular weight excluding hydrogens is 222 g/mol. The first-order valence-electron chi connectivity index (χ1n) is 4.18. The van der Waals surface area contributed by atoms with Crippen molar-refractivity contribution >= 4 is 21.4 Å². The summed E-state index contributed by atoms with van der Waals surface area (Å²) in [6, 6.07) is 3.15. The average molecular weight is 235 g/mol. The van der Waals surface area contributed by atoms with Crippen LogP contribution in [0.25, 0.3) is 0 Å². The van der Waals surface area contributed by atoms with E-state index in [1.807, 2.05) is 0 Å². The van der Waals surface area contributed by atoms with Gasteiger partial charge < -0.3 is 5.11 Å². The molecule has 6 heteroatoms. The fraction of sp³-hybridized carbons (Fsp3) is 0.500. The number of hydrogen-bond acceptors (Lipinski definition) is 4. The highest BCUT2D eigenvalue weighted by molar-refractivity contribution is 7.91. The van der Waals surface area contributed by atoms with Crippen LogP contribution >= 0.6 is 11.3 Å². The van der Waals surface area contributed by atoms with Gasteiger partial charge in [-0.25, -0.2) is 12.7 Å². The van der Waals surface area contributed by atoms with E-state index in [1.165, 1.54) is 17.4 Å². The lowest BCUT2D eigenvalue weighted by Crippen LogP contribution is -2.25. The molecule has 0 atom stereocenters. The SMILES string of the molecule is CCN(C)S(=O)(=O)c1ccc(CO)s1. The van der Waals surface area contributed by atoms with Crippen LogP contribution in [0.4, 0.5) is 0 Å². The third-order valence-corrected chi connectivity index (χ3v) is 5.37. The molecule has 0 radical (unpaired) electrons. The minimum atomic E-state index is -3.34. The average Bonchev–Trinajstić information content (AvgIpc) is 2.65. The van der Waals surface area contributed by atoms with Crippen LogP contribution in [-0.4, -0.2) is 31.4 Å². The van der Waals surface area contributed by atoms with Crippen LogP contribution in [0.5, 0.6) is 0 Å². The lowest BCUT2D eigenvalue weighted by atomic mass is 10.5. The van der Waals surface area contributed by atoms with E-state index < -0.39 is 10.0 Å². The first-order valence-corrected chi connectivity index (χ1v) is 6.44. The summed E-state index contributed by atoms with van der Waals surface area (Å²) < 4.78 is 25.1. The second-order valence-corrected chi connectivity index (χ2v) is 6.24. The molecule has 0 unspecified atom stereocenters. The van der Waals surface area contributed by atoms with E-state index in [9.17, 15) is 8.42 Å². The van der Waals surface area contributed by atoms with Crippen LogP contribution in [0.1, 0.15) is 11.8 Å². The molecule has 0 aliphatic carbocycles. The summed E-state index contributed by atoms with van der Waals surface area (Å²) in [6.07, 6.45) is 0. The van der Waals surface area contributed by atoms with Crippen molar-refractivity contribution in [3.05, 3.63) is 17.0 Å². The maximum Gasteiger partial charge on any atom is 0.252 e. The number of aliphatic hydroxyl groups excluding tert-OH is 1. The van der Waals surface area contributed by atoms with Gasteiger partial charge in [0.2, 0.25) is 0 Å². The molecular formula is C8H13NO3S2. The number of rotatable bonds is 4. The third kappa shape index (κ3) is 2.14. The first-order chi connectivity index (χ1) is 6.52. The summed E-state index contributed by atoms with van der Waals surface area (Å²) in [5.74, 6) is 0. The van der Waals surface area contributed by atoms with Gasteiger partial charge in [-0.3, -0.25) is 0 Å². The molecule has 0 saturated carbocycles. The Morgan fingerprint density at radius 3 is 2.57 bits per heavy atom. The molecule has 1 heterocycles. The van der Waals surface area contributed by atoms with Crippen LogP contribution in [0.3, 0.4) is 0 Å². The number of sulfonamides is 1. The maximum atomic E-state index is 11.7. The van der Waals surface area contributed by atoms with Crippen molar-refractivity contribution in [1.82, 2.24) is 4.31 Å². The molecule has 0 spiro atoms. The summed E-state index contributed by atoms with van der Waals surface area (Å²) in [5.41, 5.74) is 0. The highest BCUT2D eigenvalue weighted by Crippen LogP contribution is 2.23. The second kappa shape index (κ2) is 4.39. The molecule has 0 amide bonds. The molecule has 4 nitrogen and oxygen atoms in total. The Morgan fingerprint density at radius 2 is 2.14 bits per heavy atom. The van der Waals surface area contributed by atoms with Gasteiger partial charge in [-0.15, -0.1) is 11.3 Å². The zero-order valence-electron chi connectivity index (χ0n) is 8.10. The Hall–Kier alpha value is -0.430. The van der Waals surface area contributed by atoms with Gasteiger partial charge in [0.1, 0.15) is 4.21 Å². The van der Waals surface area contributed by atoms with Crippen LogP contribution in [0.15, 0.2) is 16.3 Å². The van der Waals surface area contributed by atoms with Crippen LogP contribution in [0, 0.1) is 0 Å². The van der Waals surface area contributed by atoms with E-state index in [4.69, 9.17) is 5.11 Å². The van der Waals surface area contributed by atoms with Crippen LogP contribution in [0.2, 0.25) is 0 Å². The molecule has 0 saturated heterocycles. The van der Waals surface area contributed by atoms with E-state index >= 15 is 0 Å². The van der Waals surface area contributed by atoms with Gasteiger partial charge in [0.15, 0.2) is 0 Å². The number of thiophene rings is 1. The Balaban J connectivity index is 3.04. The highest BCUT2D eigenvalue weighted by atomic mass is 32.2. The third-order valence-electron chi connectivity index (χ3n) is 1.90. The second-order valence-electron chi connectivity index (χ2n) is 2.80. The van der Waals surface area contributed by atoms with Crippen LogP contribution < -0.4 is 0 Å². The molecule has 1 aromatic rings. The normalized spacial score (nSPS) is 12.3. The molecule has 0 fully saturated rings. The van der Waals surface area contributed by atoms with Crippen molar-refractivity contribution in [2.75, 3.05) is 13.6 Å². The van der Waals surface area contributed by atoms with Crippen molar-refractivity contribution < 1.29 is 13.5 Å². The molecule has 1 aromatic heterocycles. The predicted octanol–water partition coefficient (Wildman–Crippen LogP) is 0.881. The highest BCUT2D eigenvalue weighted by Gasteiger charge is 2.20. The Bertz CT molecular complexity index is 396. The van der Waals surface area contributed by atoms with E-state index in [0.717, 1.165) is 11.3 Å². The lowest BCUT2D eigenvalue weighted by molar-refractivity contribution is 0.285. The summed E-state index contributed by atoms with van der Waals surface area (Å²) in [4.78, 5) is 0.660. The van der Waals surface area contributed by atoms with Crippen molar-refractivity contribution in [2.45, 2.75) is 17.7 Å². The zero-order chi connectivity index (χ0) is 10.8. The number of nitrogens with zero attached hydrogens (tertiary/aromatic N) is 1. The lowest BCUT2D eigenvalue weighted by Gasteiger charge is -2.12. The fourth-order valence-electron chi connectivity index (χ4n) is 0.905. The standard InChI is InChI=1S/C8H13NO3S2/c1-3-9(2)14(11,12)8-5-4-7(6-10)13-8/h4-5,10H,3,6H2,1-2H3. The molecule has 0 aliphatic heterocycles. The van der Waals surface area contributed by atoms with Gasteiger partial charge in [0.25, 0.3) is 10.0 Å². The molecule has 0 aromatic carbocycles. The number of aliphatic hydroxyl groups is 1. The Morgan fingerprint density at radius 1 is 1.50 bits per heavy atom. The minimum Gasteiger partial charge on any atom is -0.391 e. The topological polar surface area (TPSA) is 57.6 Å². The molecule has 0 aliphatic rings. The van der Waals surface area contributed by atoms with Gasteiger partial charge in [0, 0.05) is 18.5 Å². The fourth-order valence-corrected chi connectivity index (χ4v) is 3.51. The van der Waals surface area contributed by atoms with Gasteiger partial charge in [-0.05, 0) is 12.1 Å². The predicted molar refractivity (Wildman–Crippen MR) is 55.7 cm³/mol. The molecule has 1 rings (SSSR count). The van der Waals surface area contributed by atoms with Crippen molar-refractivity contribution in [2.24, 2.45) is 0 Å². The summed E-state index contributed by atoms with van der Waals surface area (Å²) >= 11 is 1.10. The monoisotopic (exact) mass is 235 g/mol. The first kappa shape index (κ1) is 11.6. The Labute approximate surface area is 87.8 Å². The van der Waals surface area contributed by atoms with Crippen LogP contribution in [-0.2, 0) is 16.6 Å². The van der Waals surface area contributed by atoms with E-state index in [-0.39, 0.29) is 10.8 Å². The molecule has 0 bridgehead atoms. The largest absolute Gasteiger partial charge is 0.391 e. The Kier molecular flexibility index (Phi) is 3.65. The van der Waals surface area contributed by atoms with E-state index in [0.29, 0.717) is 11.4 Å². The summed E-state index contributed by atoms with van der Waals surface area (Å²) in [6.45, 7) is 2.10. The van der Waals surface area contributed by atoms with Crippen molar-refractivity contribution in [3.63, 3.8) is 0 Å². The minimum absolute atomic E-state index is 0.115. The molecule has 1 N–H and O–H groups in total. The zero-order valence-corrected chi connectivity index (χ0v) is 9.73. The smallest absolute Gasteiger partial charge is 0.252 e. The summed E-state index contributed by atoms with van der Waals surface area (Å²) in [5, 5.41) is 8.81. The van der Waals surface area contributed by atoms with Crippen molar-refractivity contribution in [3.8, 4) is 0 Å². The van der Waals surface area contributed by atoms with E-state index in [2.05, 4.69) is 0 Å². The maximum absolute atomic E-state index is 11.7. The summed E-state index contributed by atoms with van der Waals surface area (Å²) in [7, 11) is -1.80. The van der Waals surface area contributed by atoms with E-state index in [1.54, 1.807) is 13.0 Å². The van der Waals surface area contributed by atoms with Gasteiger partial charge in [-0.1, -0.05) is 6.92 Å².